The lowest BCUT2D eigenvalue weighted by molar-refractivity contribution is 0.0992. The molecule has 142 valence electrons. The lowest BCUT2D eigenvalue weighted by Crippen LogP contribution is -2.29. The number of carbonyl (C=O) groups excluding carboxylic acids is 1. The number of methoxy groups -OCH3 is 1. The summed E-state index contributed by atoms with van der Waals surface area (Å²) in [5.74, 6) is -0.0112. The Balaban J connectivity index is 1.49. The van der Waals surface area contributed by atoms with Gasteiger partial charge in [-0.25, -0.2) is 4.98 Å². The summed E-state index contributed by atoms with van der Waals surface area (Å²) in [6, 6.07) is 7.60. The van der Waals surface area contributed by atoms with Crippen molar-refractivity contribution in [1.82, 2.24) is 9.88 Å². The van der Waals surface area contributed by atoms with Crippen LogP contribution in [-0.4, -0.2) is 36.0 Å². The van der Waals surface area contributed by atoms with E-state index >= 15 is 0 Å². The number of furan rings is 1. The van der Waals surface area contributed by atoms with E-state index in [-0.39, 0.29) is 11.7 Å². The number of hydrogen-bond acceptors (Lipinski definition) is 6. The number of benzene rings is 1. The fourth-order valence-electron chi connectivity index (χ4n) is 3.51. The lowest BCUT2D eigenvalue weighted by Gasteiger charge is -2.25. The van der Waals surface area contributed by atoms with Crippen LogP contribution in [0.4, 0.5) is 5.13 Å². The number of hydrogen-bond donors (Lipinski definition) is 1. The predicted octanol–water partition coefficient (Wildman–Crippen LogP) is 4.27. The second-order valence-electron chi connectivity index (χ2n) is 6.77. The molecule has 0 radical (unpaired) electrons. The average Bonchev–Trinajstić information content (AvgIpc) is 3.28. The highest BCUT2D eigenvalue weighted by atomic mass is 32.1. The van der Waals surface area contributed by atoms with Gasteiger partial charge in [0.1, 0.15) is 5.58 Å². The number of rotatable bonds is 6. The van der Waals surface area contributed by atoms with Gasteiger partial charge >= 0.3 is 0 Å². The van der Waals surface area contributed by atoms with E-state index in [0.29, 0.717) is 17.3 Å². The number of para-hydroxylation sites is 1. The van der Waals surface area contributed by atoms with Crippen molar-refractivity contribution in [3.8, 4) is 0 Å². The molecule has 1 aliphatic heterocycles. The number of nitrogens with one attached hydrogen (secondary N) is 1. The molecule has 0 aliphatic carbocycles. The van der Waals surface area contributed by atoms with Crippen LogP contribution in [0.3, 0.4) is 0 Å². The van der Waals surface area contributed by atoms with Gasteiger partial charge in [-0.15, -0.1) is 11.3 Å². The van der Waals surface area contributed by atoms with E-state index in [2.05, 4.69) is 15.2 Å². The molecule has 27 heavy (non-hydrogen) atoms. The average molecular weight is 385 g/mol. The molecule has 0 unspecified atom stereocenters. The Bertz CT molecular complexity index is 928. The van der Waals surface area contributed by atoms with Gasteiger partial charge in [-0.2, -0.15) is 0 Å². The van der Waals surface area contributed by atoms with Crippen molar-refractivity contribution in [1.29, 1.82) is 0 Å². The molecule has 0 spiro atoms. The minimum absolute atomic E-state index is 0.283. The second kappa shape index (κ2) is 8.21. The number of fused-ring (bicyclic) bond motifs is 1. The number of carbonyl (C=O) groups is 1. The highest BCUT2D eigenvalue weighted by Gasteiger charge is 2.21. The minimum atomic E-state index is -0.294. The predicted molar refractivity (Wildman–Crippen MR) is 106 cm³/mol. The van der Waals surface area contributed by atoms with Crippen molar-refractivity contribution >= 4 is 33.3 Å². The molecule has 2 aromatic heterocycles. The van der Waals surface area contributed by atoms with Crippen molar-refractivity contribution < 1.29 is 13.9 Å². The van der Waals surface area contributed by atoms with E-state index in [9.17, 15) is 4.79 Å². The van der Waals surface area contributed by atoms with E-state index in [1.807, 2.05) is 29.6 Å². The number of anilines is 1. The van der Waals surface area contributed by atoms with Gasteiger partial charge < -0.3 is 9.15 Å². The Morgan fingerprint density at radius 1 is 1.30 bits per heavy atom. The Kier molecular flexibility index (Phi) is 5.52. The Labute approximate surface area is 162 Å². The Morgan fingerprint density at radius 3 is 2.93 bits per heavy atom. The molecule has 1 amide bonds. The van der Waals surface area contributed by atoms with E-state index < -0.39 is 0 Å². The van der Waals surface area contributed by atoms with Crippen molar-refractivity contribution in [2.75, 3.05) is 25.5 Å². The number of likely N-dealkylation sites (tertiary alicyclic amines) is 1. The first-order valence-corrected chi connectivity index (χ1v) is 10.1. The lowest BCUT2D eigenvalue weighted by atomic mass is 10.1. The quantitative estimate of drug-likeness (QED) is 0.686. The summed E-state index contributed by atoms with van der Waals surface area (Å²) in [7, 11) is 1.61. The number of thiazole rings is 1. The zero-order valence-corrected chi connectivity index (χ0v) is 16.2. The van der Waals surface area contributed by atoms with Gasteiger partial charge in [-0.1, -0.05) is 24.6 Å². The summed E-state index contributed by atoms with van der Waals surface area (Å²) >= 11 is 1.44. The molecular formula is C20H23N3O3S. The molecule has 0 saturated carbocycles. The van der Waals surface area contributed by atoms with Crippen LogP contribution in [0.2, 0.25) is 0 Å². The van der Waals surface area contributed by atoms with Crippen LogP contribution in [0.1, 0.15) is 41.1 Å². The standard InChI is InChI=1S/C20H23N3O3S/c1-25-12-16-15-7-3-4-8-17(15)26-18(16)19(24)22-20-21-14(13-27-20)11-23-9-5-2-6-10-23/h3-4,7-8,13H,2,5-6,9-12H2,1H3,(H,21,22,24). The fourth-order valence-corrected chi connectivity index (χ4v) is 4.20. The summed E-state index contributed by atoms with van der Waals surface area (Å²) in [4.78, 5) is 19.8. The molecule has 0 bridgehead atoms. The molecule has 1 aliphatic rings. The maximum absolute atomic E-state index is 12.8. The van der Waals surface area contributed by atoms with Crippen LogP contribution in [0.25, 0.3) is 11.0 Å². The van der Waals surface area contributed by atoms with Crippen molar-refractivity contribution in [3.05, 3.63) is 46.7 Å². The maximum Gasteiger partial charge on any atom is 0.293 e. The normalized spacial score (nSPS) is 15.3. The van der Waals surface area contributed by atoms with E-state index in [1.165, 1.54) is 30.6 Å². The van der Waals surface area contributed by atoms with Crippen molar-refractivity contribution in [2.24, 2.45) is 0 Å². The SMILES string of the molecule is COCc1c(C(=O)Nc2nc(CN3CCCCC3)cs2)oc2ccccc12. The zero-order valence-electron chi connectivity index (χ0n) is 15.4. The number of aromatic nitrogens is 1. The largest absolute Gasteiger partial charge is 0.451 e. The minimum Gasteiger partial charge on any atom is -0.451 e. The van der Waals surface area contributed by atoms with Gasteiger partial charge in [0.25, 0.3) is 5.91 Å². The molecule has 3 heterocycles. The summed E-state index contributed by atoms with van der Waals surface area (Å²) in [5.41, 5.74) is 2.44. The van der Waals surface area contributed by atoms with Crippen LogP contribution < -0.4 is 5.32 Å². The van der Waals surface area contributed by atoms with E-state index in [1.54, 1.807) is 7.11 Å². The van der Waals surface area contributed by atoms with Gasteiger partial charge in [0, 0.05) is 30.0 Å². The molecule has 1 saturated heterocycles. The van der Waals surface area contributed by atoms with Gasteiger partial charge in [0.2, 0.25) is 0 Å². The number of ether oxygens (including phenoxy) is 1. The highest BCUT2D eigenvalue weighted by Crippen LogP contribution is 2.28. The third-order valence-electron chi connectivity index (χ3n) is 4.80. The van der Waals surface area contributed by atoms with Crippen LogP contribution in [0.5, 0.6) is 0 Å². The fraction of sp³-hybridized carbons (Fsp3) is 0.400. The van der Waals surface area contributed by atoms with Gasteiger partial charge in [0.05, 0.1) is 12.3 Å². The molecule has 6 nitrogen and oxygen atoms in total. The van der Waals surface area contributed by atoms with Crippen LogP contribution in [0, 0.1) is 0 Å². The van der Waals surface area contributed by atoms with Crippen molar-refractivity contribution in [2.45, 2.75) is 32.4 Å². The van der Waals surface area contributed by atoms with Crippen LogP contribution in [0.15, 0.2) is 34.1 Å². The maximum atomic E-state index is 12.8. The third kappa shape index (κ3) is 4.05. The van der Waals surface area contributed by atoms with Crippen molar-refractivity contribution in [3.63, 3.8) is 0 Å². The second-order valence-corrected chi connectivity index (χ2v) is 7.63. The summed E-state index contributed by atoms with van der Waals surface area (Å²) in [6.45, 7) is 3.40. The summed E-state index contributed by atoms with van der Waals surface area (Å²) < 4.78 is 11.1. The first-order chi connectivity index (χ1) is 13.2. The molecule has 4 rings (SSSR count). The number of piperidine rings is 1. The monoisotopic (exact) mass is 385 g/mol. The Hall–Kier alpha value is -2.22. The first kappa shape index (κ1) is 18.2. The molecule has 1 N–H and O–H groups in total. The third-order valence-corrected chi connectivity index (χ3v) is 5.61. The molecule has 1 aromatic carbocycles. The Morgan fingerprint density at radius 2 is 2.11 bits per heavy atom. The molecule has 0 atom stereocenters. The van der Waals surface area contributed by atoms with Crippen LogP contribution in [-0.2, 0) is 17.9 Å². The summed E-state index contributed by atoms with van der Waals surface area (Å²) in [5, 5.41) is 6.38. The van der Waals surface area contributed by atoms with E-state index in [0.717, 1.165) is 36.3 Å². The topological polar surface area (TPSA) is 67.6 Å². The first-order valence-electron chi connectivity index (χ1n) is 9.22. The van der Waals surface area contributed by atoms with Gasteiger partial charge in [0.15, 0.2) is 10.9 Å². The molecule has 3 aromatic rings. The smallest absolute Gasteiger partial charge is 0.293 e. The number of nitrogens with zero attached hydrogens (tertiary/aromatic N) is 2. The molecular weight excluding hydrogens is 362 g/mol. The summed E-state index contributed by atoms with van der Waals surface area (Å²) in [6.07, 6.45) is 3.82. The van der Waals surface area contributed by atoms with Crippen LogP contribution >= 0.6 is 11.3 Å². The highest BCUT2D eigenvalue weighted by molar-refractivity contribution is 7.13. The molecule has 7 heteroatoms. The van der Waals surface area contributed by atoms with Gasteiger partial charge in [-0.05, 0) is 32.0 Å². The van der Waals surface area contributed by atoms with Gasteiger partial charge in [-0.3, -0.25) is 15.0 Å². The molecule has 1 fully saturated rings. The number of amides is 1. The zero-order chi connectivity index (χ0) is 18.6. The van der Waals surface area contributed by atoms with E-state index in [4.69, 9.17) is 9.15 Å².